The molecular formula is C13H10BrF2NOS. The van der Waals surface area contributed by atoms with Crippen LogP contribution < -0.4 is 5.32 Å². The van der Waals surface area contributed by atoms with Gasteiger partial charge in [0.15, 0.2) is 0 Å². The maximum Gasteiger partial charge on any atom is 0.254 e. The predicted octanol–water partition coefficient (Wildman–Crippen LogP) is 4.03. The Balaban J connectivity index is 2.10. The number of carbonyl (C=O) groups excluding carboxylic acids is 1. The lowest BCUT2D eigenvalue weighted by Crippen LogP contribution is -2.23. The van der Waals surface area contributed by atoms with Gasteiger partial charge >= 0.3 is 0 Å². The van der Waals surface area contributed by atoms with Crippen LogP contribution in [-0.4, -0.2) is 5.91 Å². The normalized spacial score (nSPS) is 10.5. The Kier molecular flexibility index (Phi) is 4.31. The molecule has 0 aliphatic rings. The maximum absolute atomic E-state index is 13.5. The van der Waals surface area contributed by atoms with Crippen molar-refractivity contribution in [2.75, 3.05) is 0 Å². The molecule has 1 aromatic heterocycles. The molecule has 0 fully saturated rings. The van der Waals surface area contributed by atoms with Crippen molar-refractivity contribution in [1.29, 1.82) is 0 Å². The Morgan fingerprint density at radius 2 is 2.05 bits per heavy atom. The molecule has 0 radical (unpaired) electrons. The van der Waals surface area contributed by atoms with Gasteiger partial charge in [0, 0.05) is 20.8 Å². The zero-order chi connectivity index (χ0) is 14.0. The monoisotopic (exact) mass is 345 g/mol. The van der Waals surface area contributed by atoms with E-state index in [0.717, 1.165) is 15.4 Å². The second-order valence-electron chi connectivity index (χ2n) is 4.00. The van der Waals surface area contributed by atoms with Crippen LogP contribution in [0.5, 0.6) is 0 Å². The number of nitrogens with one attached hydrogen (secondary N) is 1. The molecule has 0 saturated carbocycles. The number of hydrogen-bond acceptors (Lipinski definition) is 2. The first kappa shape index (κ1) is 14.1. The number of aryl methyl sites for hydroxylation is 1. The lowest BCUT2D eigenvalue weighted by molar-refractivity contribution is 0.0947. The van der Waals surface area contributed by atoms with E-state index in [0.29, 0.717) is 6.54 Å². The zero-order valence-corrected chi connectivity index (χ0v) is 12.4. The van der Waals surface area contributed by atoms with E-state index in [-0.39, 0.29) is 11.1 Å². The van der Waals surface area contributed by atoms with Crippen LogP contribution in [0.3, 0.4) is 0 Å². The highest BCUT2D eigenvalue weighted by Gasteiger charge is 2.14. The van der Waals surface area contributed by atoms with Gasteiger partial charge in [-0.05, 0) is 40.5 Å². The lowest BCUT2D eigenvalue weighted by atomic mass is 10.1. The molecule has 0 spiro atoms. The number of hydrogen-bond donors (Lipinski definition) is 1. The second kappa shape index (κ2) is 5.79. The highest BCUT2D eigenvalue weighted by atomic mass is 79.9. The minimum Gasteiger partial charge on any atom is -0.347 e. The first-order valence-corrected chi connectivity index (χ1v) is 7.11. The van der Waals surface area contributed by atoms with Crippen LogP contribution in [0.4, 0.5) is 8.78 Å². The fourth-order valence-electron chi connectivity index (χ4n) is 1.54. The summed E-state index contributed by atoms with van der Waals surface area (Å²) in [6.45, 7) is 1.80. The summed E-state index contributed by atoms with van der Waals surface area (Å²) >= 11 is 4.79. The largest absolute Gasteiger partial charge is 0.347 e. The molecular weight excluding hydrogens is 336 g/mol. The molecule has 1 aromatic carbocycles. The SMILES string of the molecule is Cc1cc(C(=O)NCc2cc(Br)cs2)c(F)cc1F. The molecule has 0 saturated heterocycles. The van der Waals surface area contributed by atoms with Crippen molar-refractivity contribution in [2.24, 2.45) is 0 Å². The topological polar surface area (TPSA) is 29.1 Å². The quantitative estimate of drug-likeness (QED) is 0.893. The van der Waals surface area contributed by atoms with E-state index in [4.69, 9.17) is 0 Å². The van der Waals surface area contributed by atoms with Crippen LogP contribution >= 0.6 is 27.3 Å². The van der Waals surface area contributed by atoms with Gasteiger partial charge in [0.1, 0.15) is 11.6 Å². The van der Waals surface area contributed by atoms with E-state index >= 15 is 0 Å². The van der Waals surface area contributed by atoms with E-state index in [9.17, 15) is 13.6 Å². The van der Waals surface area contributed by atoms with Gasteiger partial charge in [-0.1, -0.05) is 0 Å². The fourth-order valence-corrected chi connectivity index (χ4v) is 2.93. The van der Waals surface area contributed by atoms with Crippen molar-refractivity contribution in [2.45, 2.75) is 13.5 Å². The molecule has 2 nitrogen and oxygen atoms in total. The van der Waals surface area contributed by atoms with E-state index in [1.54, 1.807) is 0 Å². The molecule has 0 aliphatic carbocycles. The molecule has 1 heterocycles. The lowest BCUT2D eigenvalue weighted by Gasteiger charge is -2.06. The summed E-state index contributed by atoms with van der Waals surface area (Å²) in [6, 6.07) is 3.81. The third kappa shape index (κ3) is 3.39. The van der Waals surface area contributed by atoms with Crippen molar-refractivity contribution in [3.63, 3.8) is 0 Å². The van der Waals surface area contributed by atoms with E-state index in [1.165, 1.54) is 24.3 Å². The van der Waals surface area contributed by atoms with Crippen LogP contribution in [0, 0.1) is 18.6 Å². The molecule has 1 amide bonds. The summed E-state index contributed by atoms with van der Waals surface area (Å²) in [5.74, 6) is -2.06. The Labute approximate surface area is 121 Å². The van der Waals surface area contributed by atoms with Crippen molar-refractivity contribution < 1.29 is 13.6 Å². The third-order valence-corrected chi connectivity index (χ3v) is 4.24. The first-order valence-electron chi connectivity index (χ1n) is 5.44. The third-order valence-electron chi connectivity index (χ3n) is 2.54. The van der Waals surface area contributed by atoms with Crippen molar-refractivity contribution in [3.8, 4) is 0 Å². The Morgan fingerprint density at radius 3 is 2.68 bits per heavy atom. The summed E-state index contributed by atoms with van der Waals surface area (Å²) in [6.07, 6.45) is 0. The van der Waals surface area contributed by atoms with Gasteiger partial charge in [-0.15, -0.1) is 11.3 Å². The first-order chi connectivity index (χ1) is 8.97. The van der Waals surface area contributed by atoms with Gasteiger partial charge in [-0.25, -0.2) is 8.78 Å². The molecule has 0 aliphatic heterocycles. The van der Waals surface area contributed by atoms with Crippen molar-refractivity contribution in [3.05, 3.63) is 55.7 Å². The average molecular weight is 346 g/mol. The molecule has 0 atom stereocenters. The van der Waals surface area contributed by atoms with Crippen molar-refractivity contribution >= 4 is 33.2 Å². The van der Waals surface area contributed by atoms with Gasteiger partial charge in [0.2, 0.25) is 0 Å². The van der Waals surface area contributed by atoms with E-state index < -0.39 is 17.5 Å². The van der Waals surface area contributed by atoms with E-state index in [1.807, 2.05) is 11.4 Å². The molecule has 19 heavy (non-hydrogen) atoms. The van der Waals surface area contributed by atoms with Crippen molar-refractivity contribution in [1.82, 2.24) is 5.32 Å². The minimum atomic E-state index is -0.854. The van der Waals surface area contributed by atoms with Crippen LogP contribution in [-0.2, 0) is 6.54 Å². The molecule has 100 valence electrons. The van der Waals surface area contributed by atoms with Gasteiger partial charge < -0.3 is 5.32 Å². The molecule has 0 bridgehead atoms. The summed E-state index contributed by atoms with van der Waals surface area (Å²) < 4.78 is 27.5. The molecule has 6 heteroatoms. The Morgan fingerprint density at radius 1 is 1.32 bits per heavy atom. The Bertz CT molecular complexity index is 627. The van der Waals surface area contributed by atoms with Gasteiger partial charge in [-0.2, -0.15) is 0 Å². The number of amides is 1. The smallest absolute Gasteiger partial charge is 0.254 e. The van der Waals surface area contributed by atoms with Crippen LogP contribution in [0.2, 0.25) is 0 Å². The van der Waals surface area contributed by atoms with Crippen LogP contribution in [0.15, 0.2) is 28.1 Å². The van der Waals surface area contributed by atoms with Crippen LogP contribution in [0.25, 0.3) is 0 Å². The zero-order valence-electron chi connectivity index (χ0n) is 9.97. The molecule has 1 N–H and O–H groups in total. The summed E-state index contributed by atoms with van der Waals surface area (Å²) in [5, 5.41) is 4.50. The summed E-state index contributed by atoms with van der Waals surface area (Å²) in [7, 11) is 0. The number of carbonyl (C=O) groups is 1. The highest BCUT2D eigenvalue weighted by molar-refractivity contribution is 9.10. The molecule has 2 rings (SSSR count). The summed E-state index contributed by atoms with van der Waals surface area (Å²) in [5.41, 5.74) is 0.0972. The number of rotatable bonds is 3. The number of benzene rings is 1. The van der Waals surface area contributed by atoms with Crippen LogP contribution in [0.1, 0.15) is 20.8 Å². The standard InChI is InChI=1S/C13H10BrF2NOS/c1-7-2-10(12(16)4-11(7)15)13(18)17-5-9-3-8(14)6-19-9/h2-4,6H,5H2,1H3,(H,17,18). The highest BCUT2D eigenvalue weighted by Crippen LogP contribution is 2.20. The number of thiophene rings is 1. The van der Waals surface area contributed by atoms with Gasteiger partial charge in [-0.3, -0.25) is 4.79 Å². The molecule has 0 unspecified atom stereocenters. The minimum absolute atomic E-state index is 0.144. The predicted molar refractivity (Wildman–Crippen MR) is 74.3 cm³/mol. The Hall–Kier alpha value is -1.27. The van der Waals surface area contributed by atoms with Gasteiger partial charge in [0.25, 0.3) is 5.91 Å². The molecule has 2 aromatic rings. The van der Waals surface area contributed by atoms with Gasteiger partial charge in [0.05, 0.1) is 12.1 Å². The average Bonchev–Trinajstić information content (AvgIpc) is 2.77. The summed E-state index contributed by atoms with van der Waals surface area (Å²) in [4.78, 5) is 12.8. The maximum atomic E-state index is 13.5. The fraction of sp³-hybridized carbons (Fsp3) is 0.154. The number of halogens is 3. The van der Waals surface area contributed by atoms with E-state index in [2.05, 4.69) is 21.2 Å². The second-order valence-corrected chi connectivity index (χ2v) is 5.91.